The fourth-order valence-electron chi connectivity index (χ4n) is 7.34. The van der Waals surface area contributed by atoms with Crippen molar-refractivity contribution in [2.45, 2.75) is 163 Å². The van der Waals surface area contributed by atoms with Crippen molar-refractivity contribution in [3.05, 3.63) is 0 Å². The van der Waals surface area contributed by atoms with Crippen LogP contribution >= 0.6 is 0 Å². The maximum Gasteiger partial charge on any atom is 0.245 e. The molecule has 1 aliphatic rings. The molecule has 10 amide bonds. The highest BCUT2D eigenvalue weighted by molar-refractivity contribution is 5.98. The number of hydrogen-bond acceptors (Lipinski definition) is 12. The molecule has 24 heteroatoms. The molecule has 0 unspecified atom stereocenters. The lowest BCUT2D eigenvalue weighted by Gasteiger charge is -2.32. The van der Waals surface area contributed by atoms with E-state index in [2.05, 4.69) is 47.5 Å². The van der Waals surface area contributed by atoms with Crippen LogP contribution in [0.2, 0.25) is 0 Å². The SMILES string of the molecule is CCC[C@H](NC(=O)[C@@H](NC(=O)[C@H](NC(=O)[C@@H](NC(=O)CNC(=O)CN(C)C(C)=O)C(C)C)C(C)C)[C@@H](C)O)C(=O)N[C@H](C(=O)N[C@@H](CCCN=C(N)N)C(=O)N1CCC[C@H]1C(=O)NCC)[C@@H](C)CC. The van der Waals surface area contributed by atoms with Gasteiger partial charge in [0.05, 0.1) is 19.2 Å². The highest BCUT2D eigenvalue weighted by atomic mass is 16.3. The zero-order valence-corrected chi connectivity index (χ0v) is 42.4. The lowest BCUT2D eigenvalue weighted by Crippen LogP contribution is -2.63. The van der Waals surface area contributed by atoms with Gasteiger partial charge in [0.25, 0.3) is 0 Å². The number of nitrogens with two attached hydrogens (primary N) is 2. The van der Waals surface area contributed by atoms with Gasteiger partial charge in [-0.25, -0.2) is 0 Å². The summed E-state index contributed by atoms with van der Waals surface area (Å²) in [5.41, 5.74) is 11.0. The van der Waals surface area contributed by atoms with Crippen LogP contribution in [0, 0.1) is 17.8 Å². The fraction of sp³-hybridized carbons (Fsp3) is 0.756. The van der Waals surface area contributed by atoms with Crippen LogP contribution in [0.4, 0.5) is 0 Å². The summed E-state index contributed by atoms with van der Waals surface area (Å²) in [4.78, 5) is 139. The Labute approximate surface area is 406 Å². The summed E-state index contributed by atoms with van der Waals surface area (Å²) in [6.45, 7) is 16.2. The molecule has 0 aromatic carbocycles. The van der Waals surface area contributed by atoms with Crippen LogP contribution in [-0.4, -0.2) is 168 Å². The van der Waals surface area contributed by atoms with Crippen LogP contribution in [0.25, 0.3) is 0 Å². The predicted molar refractivity (Wildman–Crippen MR) is 257 cm³/mol. The molecular formula is C45H81N13O11. The van der Waals surface area contributed by atoms with Crippen molar-refractivity contribution in [2.75, 3.05) is 39.8 Å². The Kier molecular flexibility index (Phi) is 26.9. The second-order valence-corrected chi connectivity index (χ2v) is 18.2. The number of carbonyl (C=O) groups is 10. The molecule has 1 saturated heterocycles. The Morgan fingerprint density at radius 2 is 1.23 bits per heavy atom. The number of aliphatic hydroxyl groups is 1. The van der Waals surface area contributed by atoms with Gasteiger partial charge in [0.15, 0.2) is 5.96 Å². The number of rotatable bonds is 29. The molecule has 1 fully saturated rings. The summed E-state index contributed by atoms with van der Waals surface area (Å²) in [5, 5.41) is 31.7. The quantitative estimate of drug-likeness (QED) is 0.0206. The Morgan fingerprint density at radius 1 is 0.696 bits per heavy atom. The minimum absolute atomic E-state index is 0.0844. The van der Waals surface area contributed by atoms with E-state index in [1.54, 1.807) is 48.5 Å². The molecule has 0 bridgehead atoms. The topological polar surface area (TPSA) is 358 Å². The van der Waals surface area contributed by atoms with E-state index in [1.807, 2.05) is 6.92 Å². The van der Waals surface area contributed by atoms with E-state index in [0.717, 1.165) is 4.90 Å². The number of amides is 10. The lowest BCUT2D eigenvalue weighted by molar-refractivity contribution is -0.142. The number of likely N-dealkylation sites (N-methyl/N-ethyl adjacent to an activating group) is 2. The summed E-state index contributed by atoms with van der Waals surface area (Å²) < 4.78 is 0. The molecule has 0 radical (unpaired) electrons. The van der Waals surface area contributed by atoms with Crippen molar-refractivity contribution in [1.82, 2.24) is 52.3 Å². The van der Waals surface area contributed by atoms with E-state index >= 15 is 0 Å². The lowest BCUT2D eigenvalue weighted by atomic mass is 9.96. The summed E-state index contributed by atoms with van der Waals surface area (Å²) >= 11 is 0. The van der Waals surface area contributed by atoms with Crippen LogP contribution in [0.5, 0.6) is 0 Å². The number of aliphatic hydroxyl groups excluding tert-OH is 1. The number of guanidine groups is 1. The number of hydrogen-bond donors (Lipinski definition) is 11. The third-order valence-electron chi connectivity index (χ3n) is 11.7. The average Bonchev–Trinajstić information content (AvgIpc) is 3.77. The van der Waals surface area contributed by atoms with Gasteiger partial charge >= 0.3 is 0 Å². The highest BCUT2D eigenvalue weighted by Crippen LogP contribution is 2.20. The van der Waals surface area contributed by atoms with Crippen LogP contribution in [0.3, 0.4) is 0 Å². The van der Waals surface area contributed by atoms with Gasteiger partial charge in [0.2, 0.25) is 59.1 Å². The molecule has 13 N–H and O–H groups in total. The summed E-state index contributed by atoms with van der Waals surface area (Å²) in [5.74, 6) is -8.05. The first-order valence-electron chi connectivity index (χ1n) is 23.9. The van der Waals surface area contributed by atoms with Gasteiger partial charge in [0.1, 0.15) is 42.3 Å². The predicted octanol–water partition coefficient (Wildman–Crippen LogP) is -2.79. The fourth-order valence-corrected chi connectivity index (χ4v) is 7.34. The van der Waals surface area contributed by atoms with Crippen molar-refractivity contribution in [3.8, 4) is 0 Å². The standard InChI is InChI=1S/C45H81N13O11/c1-12-17-29(38(63)55-36(26(8)13-2)42(67)52-30(18-15-20-49-45(46)47)44(69)58-21-16-19-31(58)39(64)48-14-3)51-43(68)37(27(9)59)56-41(66)35(25(6)7)54-40(65)34(24(4)5)53-32(61)22-50-33(62)23-57(11)28(10)60/h24-27,29-31,34-37,59H,12-23H2,1-11H3,(H,48,64)(H,50,62)(H,51,68)(H,52,67)(H,53,61)(H,54,65)(H,55,63)(H,56,66)(H4,46,47,49)/t26-,27+,29-,30-,31-,34-,35+,36-,37-/m0/s1. The molecule has 392 valence electrons. The monoisotopic (exact) mass is 980 g/mol. The zero-order valence-electron chi connectivity index (χ0n) is 42.4. The number of carbonyl (C=O) groups excluding carboxylic acids is 10. The second kappa shape index (κ2) is 30.4. The second-order valence-electron chi connectivity index (χ2n) is 18.2. The van der Waals surface area contributed by atoms with Crippen molar-refractivity contribution in [2.24, 2.45) is 34.2 Å². The van der Waals surface area contributed by atoms with Crippen LogP contribution < -0.4 is 54.0 Å². The Morgan fingerprint density at radius 3 is 1.75 bits per heavy atom. The summed E-state index contributed by atoms with van der Waals surface area (Å²) in [6, 6.07) is -8.33. The minimum atomic E-state index is -1.62. The molecule has 1 heterocycles. The van der Waals surface area contributed by atoms with Gasteiger partial charge in [-0.3, -0.25) is 52.9 Å². The third-order valence-corrected chi connectivity index (χ3v) is 11.7. The van der Waals surface area contributed by atoms with Gasteiger partial charge in [-0.05, 0) is 63.7 Å². The van der Waals surface area contributed by atoms with Gasteiger partial charge in [-0.2, -0.15) is 0 Å². The van der Waals surface area contributed by atoms with Crippen LogP contribution in [-0.2, 0) is 47.9 Å². The van der Waals surface area contributed by atoms with E-state index in [4.69, 9.17) is 11.5 Å². The number of likely N-dealkylation sites (tertiary alicyclic amines) is 1. The number of nitrogens with one attached hydrogen (secondary N) is 8. The first-order valence-corrected chi connectivity index (χ1v) is 23.9. The van der Waals surface area contributed by atoms with Crippen molar-refractivity contribution < 1.29 is 53.1 Å². The molecular weight excluding hydrogens is 899 g/mol. The molecule has 9 atom stereocenters. The minimum Gasteiger partial charge on any atom is -0.391 e. The molecule has 1 rings (SSSR count). The number of aliphatic imine (C=N–C) groups is 1. The third kappa shape index (κ3) is 20.6. The highest BCUT2D eigenvalue weighted by Gasteiger charge is 2.40. The molecule has 1 aliphatic heterocycles. The average molecular weight is 980 g/mol. The smallest absolute Gasteiger partial charge is 0.245 e. The van der Waals surface area contributed by atoms with Crippen molar-refractivity contribution in [3.63, 3.8) is 0 Å². The molecule has 0 aromatic rings. The Hall–Kier alpha value is -6.07. The van der Waals surface area contributed by atoms with Gasteiger partial charge in [-0.15, -0.1) is 0 Å². The summed E-state index contributed by atoms with van der Waals surface area (Å²) in [6.07, 6.45) is 0.839. The van der Waals surface area contributed by atoms with Crippen LogP contribution in [0.1, 0.15) is 114 Å². The van der Waals surface area contributed by atoms with Crippen LogP contribution in [0.15, 0.2) is 4.99 Å². The first-order chi connectivity index (χ1) is 32.3. The maximum atomic E-state index is 14.1. The van der Waals surface area contributed by atoms with Crippen molar-refractivity contribution in [1.29, 1.82) is 0 Å². The molecule has 0 spiro atoms. The van der Waals surface area contributed by atoms with Gasteiger partial charge in [0, 0.05) is 33.6 Å². The van der Waals surface area contributed by atoms with E-state index in [0.29, 0.717) is 45.2 Å². The van der Waals surface area contributed by atoms with E-state index in [-0.39, 0.29) is 43.7 Å². The molecule has 24 nitrogen and oxygen atoms in total. The summed E-state index contributed by atoms with van der Waals surface area (Å²) in [7, 11) is 1.42. The molecule has 0 saturated carbocycles. The van der Waals surface area contributed by atoms with Gasteiger partial charge in [-0.1, -0.05) is 61.3 Å². The number of nitrogens with zero attached hydrogens (tertiary/aromatic N) is 3. The largest absolute Gasteiger partial charge is 0.391 e. The molecule has 69 heavy (non-hydrogen) atoms. The first kappa shape index (κ1) is 60.9. The zero-order chi connectivity index (χ0) is 52.7. The van der Waals surface area contributed by atoms with Crippen molar-refractivity contribution >= 4 is 65.0 Å². The normalized spacial score (nSPS) is 16.8. The van der Waals surface area contributed by atoms with E-state index < -0.39 is 120 Å². The molecule has 0 aliphatic carbocycles. The van der Waals surface area contributed by atoms with E-state index in [1.165, 1.54) is 25.8 Å². The molecule has 0 aromatic heterocycles. The Balaban J connectivity index is 3.26. The van der Waals surface area contributed by atoms with E-state index in [9.17, 15) is 53.1 Å². The van der Waals surface area contributed by atoms with Gasteiger partial charge < -0.3 is 68.9 Å². The maximum absolute atomic E-state index is 14.1. The Bertz CT molecular complexity index is 1810.